The van der Waals surface area contributed by atoms with E-state index in [-0.39, 0.29) is 6.03 Å². The lowest BCUT2D eigenvalue weighted by Crippen LogP contribution is -2.44. The van der Waals surface area contributed by atoms with Crippen molar-refractivity contribution in [1.82, 2.24) is 10.2 Å². The second-order valence-electron chi connectivity index (χ2n) is 6.64. The van der Waals surface area contributed by atoms with Crippen LogP contribution >= 0.6 is 0 Å². The molecule has 0 aliphatic carbocycles. The Morgan fingerprint density at radius 2 is 1.83 bits per heavy atom. The van der Waals surface area contributed by atoms with Gasteiger partial charge in [-0.25, -0.2) is 4.79 Å². The van der Waals surface area contributed by atoms with Crippen LogP contribution in [0.4, 0.5) is 4.79 Å². The fourth-order valence-corrected chi connectivity index (χ4v) is 3.43. The summed E-state index contributed by atoms with van der Waals surface area (Å²) in [5.41, 5.74) is 3.94. The van der Waals surface area contributed by atoms with Gasteiger partial charge in [0.25, 0.3) is 0 Å². The monoisotopic (exact) mass is 322 g/mol. The molecule has 0 radical (unpaired) electrons. The zero-order valence-electron chi connectivity index (χ0n) is 14.4. The fourth-order valence-electron chi connectivity index (χ4n) is 3.43. The summed E-state index contributed by atoms with van der Waals surface area (Å²) in [5.74, 6) is 0.586. The van der Waals surface area contributed by atoms with Crippen LogP contribution in [0.2, 0.25) is 0 Å². The van der Waals surface area contributed by atoms with Crippen molar-refractivity contribution in [3.8, 4) is 0 Å². The van der Waals surface area contributed by atoms with E-state index in [0.717, 1.165) is 32.4 Å². The minimum absolute atomic E-state index is 0.0779. The molecular weight excluding hydrogens is 296 g/mol. The molecule has 2 aromatic rings. The largest absolute Gasteiger partial charge is 0.338 e. The van der Waals surface area contributed by atoms with Crippen molar-refractivity contribution in [3.05, 3.63) is 71.3 Å². The van der Waals surface area contributed by atoms with E-state index in [2.05, 4.69) is 66.8 Å². The lowest BCUT2D eigenvalue weighted by atomic mass is 9.90. The molecule has 24 heavy (non-hydrogen) atoms. The minimum atomic E-state index is 0.0779. The maximum absolute atomic E-state index is 12.3. The molecule has 126 valence electrons. The van der Waals surface area contributed by atoms with E-state index in [4.69, 9.17) is 0 Å². The Bertz CT molecular complexity index is 661. The average Bonchev–Trinajstić information content (AvgIpc) is 2.63. The van der Waals surface area contributed by atoms with Gasteiger partial charge in [-0.15, -0.1) is 0 Å². The Kier molecular flexibility index (Phi) is 5.52. The summed E-state index contributed by atoms with van der Waals surface area (Å²) in [6.07, 6.45) is 2.98. The molecule has 3 heteroatoms. The molecule has 1 saturated heterocycles. The molecule has 2 aromatic carbocycles. The number of likely N-dealkylation sites (tertiary alicyclic amines) is 1. The van der Waals surface area contributed by atoms with Crippen LogP contribution in [0.25, 0.3) is 0 Å². The van der Waals surface area contributed by atoms with Crippen LogP contribution in [0.5, 0.6) is 0 Å². The molecule has 0 unspecified atom stereocenters. The molecule has 1 N–H and O–H groups in total. The Hall–Kier alpha value is -2.29. The second kappa shape index (κ2) is 8.00. The molecule has 0 saturated carbocycles. The Morgan fingerprint density at radius 1 is 1.08 bits per heavy atom. The van der Waals surface area contributed by atoms with Crippen LogP contribution in [-0.2, 0) is 6.42 Å². The number of rotatable bonds is 4. The molecule has 1 aliphatic rings. The van der Waals surface area contributed by atoms with Crippen molar-refractivity contribution in [2.24, 2.45) is 0 Å². The van der Waals surface area contributed by atoms with E-state index in [1.165, 1.54) is 16.7 Å². The summed E-state index contributed by atoms with van der Waals surface area (Å²) in [6.45, 7) is 4.48. The summed E-state index contributed by atoms with van der Waals surface area (Å²) >= 11 is 0. The van der Waals surface area contributed by atoms with Crippen LogP contribution < -0.4 is 5.32 Å². The number of urea groups is 1. The first kappa shape index (κ1) is 16.6. The Balaban J connectivity index is 1.42. The number of nitrogens with one attached hydrogen (secondary N) is 1. The van der Waals surface area contributed by atoms with Crippen LogP contribution in [0.1, 0.15) is 35.4 Å². The fraction of sp³-hybridized carbons (Fsp3) is 0.381. The van der Waals surface area contributed by atoms with Crippen LogP contribution in [0, 0.1) is 6.92 Å². The first-order valence-corrected chi connectivity index (χ1v) is 8.85. The number of amides is 2. The van der Waals surface area contributed by atoms with Gasteiger partial charge >= 0.3 is 6.03 Å². The van der Waals surface area contributed by atoms with Gasteiger partial charge in [0, 0.05) is 19.6 Å². The molecule has 0 atom stereocenters. The number of carbonyl (C=O) groups excluding carboxylic acids is 1. The standard InChI is InChI=1S/C21H26N2O/c1-17-6-5-7-18(16-17)10-13-22-21(24)23-14-11-20(12-15-23)19-8-3-2-4-9-19/h2-9,16,20H,10-15H2,1H3,(H,22,24). The van der Waals surface area contributed by atoms with E-state index >= 15 is 0 Å². The van der Waals surface area contributed by atoms with Gasteiger partial charge < -0.3 is 10.2 Å². The summed E-state index contributed by atoms with van der Waals surface area (Å²) in [4.78, 5) is 14.3. The third-order valence-corrected chi connectivity index (χ3v) is 4.83. The van der Waals surface area contributed by atoms with Gasteiger partial charge in [0.05, 0.1) is 0 Å². The SMILES string of the molecule is Cc1cccc(CCNC(=O)N2CCC(c3ccccc3)CC2)c1. The van der Waals surface area contributed by atoms with E-state index in [1.54, 1.807) is 0 Å². The van der Waals surface area contributed by atoms with Gasteiger partial charge in [0.1, 0.15) is 0 Å². The predicted octanol–water partition coefficient (Wildman–Crippen LogP) is 4.13. The summed E-state index contributed by atoms with van der Waals surface area (Å²) in [6, 6.07) is 19.2. The highest BCUT2D eigenvalue weighted by Gasteiger charge is 2.23. The number of carbonyl (C=O) groups is 1. The van der Waals surface area contributed by atoms with Crippen molar-refractivity contribution < 1.29 is 4.79 Å². The topological polar surface area (TPSA) is 32.3 Å². The lowest BCUT2D eigenvalue weighted by molar-refractivity contribution is 0.181. The average molecular weight is 322 g/mol. The highest BCUT2D eigenvalue weighted by molar-refractivity contribution is 5.74. The van der Waals surface area contributed by atoms with E-state index in [0.29, 0.717) is 12.5 Å². The molecular formula is C21H26N2O. The van der Waals surface area contributed by atoms with Gasteiger partial charge in [-0.05, 0) is 43.2 Å². The van der Waals surface area contributed by atoms with Crippen molar-refractivity contribution >= 4 is 6.03 Å². The highest BCUT2D eigenvalue weighted by atomic mass is 16.2. The molecule has 0 bridgehead atoms. The molecule has 0 spiro atoms. The summed E-state index contributed by atoms with van der Waals surface area (Å²) in [7, 11) is 0. The molecule has 1 aliphatic heterocycles. The van der Waals surface area contributed by atoms with Crippen molar-refractivity contribution in [2.75, 3.05) is 19.6 Å². The number of aryl methyl sites for hydroxylation is 1. The van der Waals surface area contributed by atoms with Crippen molar-refractivity contribution in [2.45, 2.75) is 32.1 Å². The highest BCUT2D eigenvalue weighted by Crippen LogP contribution is 2.27. The maximum atomic E-state index is 12.3. The number of piperidine rings is 1. The first-order valence-electron chi connectivity index (χ1n) is 8.85. The zero-order valence-corrected chi connectivity index (χ0v) is 14.4. The van der Waals surface area contributed by atoms with Gasteiger partial charge in [-0.2, -0.15) is 0 Å². The van der Waals surface area contributed by atoms with Crippen molar-refractivity contribution in [1.29, 1.82) is 0 Å². The first-order chi connectivity index (χ1) is 11.7. The predicted molar refractivity (Wildman–Crippen MR) is 98.3 cm³/mol. The lowest BCUT2D eigenvalue weighted by Gasteiger charge is -2.32. The van der Waals surface area contributed by atoms with E-state index in [9.17, 15) is 4.79 Å². The van der Waals surface area contributed by atoms with Crippen LogP contribution in [0.3, 0.4) is 0 Å². The van der Waals surface area contributed by atoms with Crippen LogP contribution in [-0.4, -0.2) is 30.6 Å². The third kappa shape index (κ3) is 4.38. The number of hydrogen-bond donors (Lipinski definition) is 1. The van der Waals surface area contributed by atoms with Gasteiger partial charge in [-0.1, -0.05) is 60.2 Å². The number of nitrogens with zero attached hydrogens (tertiary/aromatic N) is 1. The van der Waals surface area contributed by atoms with Gasteiger partial charge in [0.15, 0.2) is 0 Å². The van der Waals surface area contributed by atoms with E-state index in [1.807, 2.05) is 4.90 Å². The molecule has 1 fully saturated rings. The maximum Gasteiger partial charge on any atom is 0.317 e. The second-order valence-corrected chi connectivity index (χ2v) is 6.64. The van der Waals surface area contributed by atoms with Gasteiger partial charge in [-0.3, -0.25) is 0 Å². The van der Waals surface area contributed by atoms with Gasteiger partial charge in [0.2, 0.25) is 0 Å². The molecule has 3 nitrogen and oxygen atoms in total. The summed E-state index contributed by atoms with van der Waals surface area (Å²) in [5, 5.41) is 3.06. The summed E-state index contributed by atoms with van der Waals surface area (Å²) < 4.78 is 0. The molecule has 2 amide bonds. The number of benzene rings is 2. The molecule has 1 heterocycles. The quantitative estimate of drug-likeness (QED) is 0.902. The smallest absolute Gasteiger partial charge is 0.317 e. The minimum Gasteiger partial charge on any atom is -0.338 e. The van der Waals surface area contributed by atoms with Crippen molar-refractivity contribution in [3.63, 3.8) is 0 Å². The molecule has 3 rings (SSSR count). The molecule has 0 aromatic heterocycles. The Labute approximate surface area is 144 Å². The normalized spacial score (nSPS) is 15.3. The van der Waals surface area contributed by atoms with Crippen LogP contribution in [0.15, 0.2) is 54.6 Å². The Morgan fingerprint density at radius 3 is 2.54 bits per heavy atom. The zero-order chi connectivity index (χ0) is 16.8. The van der Waals surface area contributed by atoms with E-state index < -0.39 is 0 Å². The number of hydrogen-bond acceptors (Lipinski definition) is 1. The third-order valence-electron chi connectivity index (χ3n) is 4.83.